The van der Waals surface area contributed by atoms with E-state index in [-0.39, 0.29) is 5.92 Å². The molecule has 1 N–H and O–H groups in total. The van der Waals surface area contributed by atoms with Crippen LogP contribution in [0.15, 0.2) is 0 Å². The van der Waals surface area contributed by atoms with E-state index in [1.54, 1.807) is 6.92 Å². The molecule has 0 fully saturated rings. The Labute approximate surface area is 128 Å². The summed E-state index contributed by atoms with van der Waals surface area (Å²) in [7, 11) is -3.18. The monoisotopic (exact) mass is 313 g/mol. The van der Waals surface area contributed by atoms with Gasteiger partial charge in [-0.15, -0.1) is 0 Å². The Morgan fingerprint density at radius 2 is 1.52 bits per heavy atom. The molecule has 5 nitrogen and oxygen atoms in total. The average molecular weight is 313 g/mol. The maximum atomic E-state index is 11.7. The number of hydrogen-bond donors (Lipinski definition) is 1. The number of rotatable bonds is 6. The van der Waals surface area contributed by atoms with Gasteiger partial charge in [0, 0.05) is 30.2 Å². The first-order chi connectivity index (χ1) is 9.54. The molecule has 1 rings (SSSR count). The highest BCUT2D eigenvalue weighted by Gasteiger charge is 2.23. The van der Waals surface area contributed by atoms with Crippen molar-refractivity contribution in [1.82, 2.24) is 15.3 Å². The largest absolute Gasteiger partial charge is 0.314 e. The molecule has 1 aromatic heterocycles. The molecule has 0 amide bonds. The highest BCUT2D eigenvalue weighted by atomic mass is 32.2. The van der Waals surface area contributed by atoms with E-state index in [2.05, 4.69) is 36.1 Å². The first-order valence-electron chi connectivity index (χ1n) is 7.31. The van der Waals surface area contributed by atoms with E-state index in [1.165, 1.54) is 6.26 Å². The molecule has 0 aliphatic heterocycles. The molecule has 0 spiro atoms. The molecule has 1 heterocycles. The first-order valence-corrected chi connectivity index (χ1v) is 9.26. The molecular weight excluding hydrogens is 286 g/mol. The van der Waals surface area contributed by atoms with Gasteiger partial charge in [0.25, 0.3) is 0 Å². The summed E-state index contributed by atoms with van der Waals surface area (Å²) in [6, 6.07) is 0.429. The Morgan fingerprint density at radius 1 is 1.05 bits per heavy atom. The van der Waals surface area contributed by atoms with Crippen molar-refractivity contribution in [2.45, 2.75) is 58.8 Å². The minimum atomic E-state index is -3.18. The number of nitrogens with zero attached hydrogens (tertiary/aromatic N) is 2. The predicted octanol–water partition coefficient (Wildman–Crippen LogP) is 2.30. The van der Waals surface area contributed by atoms with Crippen LogP contribution in [0.4, 0.5) is 0 Å². The average Bonchev–Trinajstić information content (AvgIpc) is 2.33. The molecule has 0 aromatic carbocycles. The van der Waals surface area contributed by atoms with Gasteiger partial charge in [-0.05, 0) is 32.3 Å². The van der Waals surface area contributed by atoms with Crippen LogP contribution in [0.25, 0.3) is 0 Å². The van der Waals surface area contributed by atoms with Crippen LogP contribution in [0.3, 0.4) is 0 Å². The minimum absolute atomic E-state index is 0.287. The summed E-state index contributed by atoms with van der Waals surface area (Å²) >= 11 is 0. The van der Waals surface area contributed by atoms with Crippen LogP contribution >= 0.6 is 0 Å². The van der Waals surface area contributed by atoms with Crippen molar-refractivity contribution >= 4 is 9.84 Å². The minimum Gasteiger partial charge on any atom is -0.314 e. The van der Waals surface area contributed by atoms with Gasteiger partial charge in [0.15, 0.2) is 9.84 Å². The van der Waals surface area contributed by atoms with Gasteiger partial charge < -0.3 is 5.32 Å². The standard InChI is InChI=1S/C15H27N3O2S/c1-9(2)16-8-10(3)14-11(4)17-15(18-12(14)5)13(6)21(7,19)20/h9-10,13,16H,8H2,1-7H3. The molecular formula is C15H27N3O2S. The molecule has 0 aliphatic rings. The lowest BCUT2D eigenvalue weighted by Crippen LogP contribution is -2.28. The lowest BCUT2D eigenvalue weighted by Gasteiger charge is -2.20. The fourth-order valence-electron chi connectivity index (χ4n) is 2.35. The maximum Gasteiger partial charge on any atom is 0.157 e. The Kier molecular flexibility index (Phi) is 5.87. The number of hydrogen-bond acceptors (Lipinski definition) is 5. The van der Waals surface area contributed by atoms with E-state index in [4.69, 9.17) is 0 Å². The van der Waals surface area contributed by atoms with Crippen molar-refractivity contribution in [2.75, 3.05) is 12.8 Å². The van der Waals surface area contributed by atoms with Crippen molar-refractivity contribution in [3.05, 3.63) is 22.8 Å². The summed E-state index contributed by atoms with van der Waals surface area (Å²) in [5.41, 5.74) is 2.84. The van der Waals surface area contributed by atoms with E-state index < -0.39 is 15.1 Å². The van der Waals surface area contributed by atoms with Crippen molar-refractivity contribution in [3.63, 3.8) is 0 Å². The zero-order valence-corrected chi connectivity index (χ0v) is 14.9. The van der Waals surface area contributed by atoms with E-state index in [9.17, 15) is 8.42 Å². The Hall–Kier alpha value is -1.01. The van der Waals surface area contributed by atoms with Crippen LogP contribution < -0.4 is 5.32 Å². The van der Waals surface area contributed by atoms with E-state index >= 15 is 0 Å². The second kappa shape index (κ2) is 6.83. The van der Waals surface area contributed by atoms with Gasteiger partial charge in [-0.2, -0.15) is 0 Å². The van der Waals surface area contributed by atoms with E-state index in [1.807, 2.05) is 13.8 Å². The summed E-state index contributed by atoms with van der Waals surface area (Å²) in [4.78, 5) is 8.86. The van der Waals surface area contributed by atoms with Crippen molar-refractivity contribution in [1.29, 1.82) is 0 Å². The molecule has 21 heavy (non-hydrogen) atoms. The summed E-state index contributed by atoms with van der Waals surface area (Å²) in [6.07, 6.45) is 1.22. The van der Waals surface area contributed by atoms with Gasteiger partial charge in [-0.1, -0.05) is 20.8 Å². The molecule has 6 heteroatoms. The van der Waals surface area contributed by atoms with Gasteiger partial charge in [0.2, 0.25) is 0 Å². The molecule has 2 atom stereocenters. The quantitative estimate of drug-likeness (QED) is 0.872. The summed E-state index contributed by atoms with van der Waals surface area (Å²) in [6.45, 7) is 12.7. The van der Waals surface area contributed by atoms with Gasteiger partial charge in [0.05, 0.1) is 0 Å². The molecule has 2 unspecified atom stereocenters. The number of nitrogens with one attached hydrogen (secondary N) is 1. The third-order valence-corrected chi connectivity index (χ3v) is 5.17. The summed E-state index contributed by atoms with van der Waals surface area (Å²) < 4.78 is 23.3. The van der Waals surface area contributed by atoms with Crippen molar-refractivity contribution in [3.8, 4) is 0 Å². The summed E-state index contributed by atoms with van der Waals surface area (Å²) in [5.74, 6) is 0.676. The van der Waals surface area contributed by atoms with Gasteiger partial charge in [-0.25, -0.2) is 18.4 Å². The van der Waals surface area contributed by atoms with Gasteiger partial charge in [-0.3, -0.25) is 0 Å². The highest BCUT2D eigenvalue weighted by Crippen LogP contribution is 2.24. The van der Waals surface area contributed by atoms with Gasteiger partial charge in [0.1, 0.15) is 11.1 Å². The Morgan fingerprint density at radius 3 is 1.90 bits per heavy atom. The first kappa shape index (κ1) is 18.0. The van der Waals surface area contributed by atoms with Crippen molar-refractivity contribution < 1.29 is 8.42 Å². The number of aromatic nitrogens is 2. The molecule has 120 valence electrons. The van der Waals surface area contributed by atoms with Crippen LogP contribution in [0.5, 0.6) is 0 Å². The van der Waals surface area contributed by atoms with Crippen LogP contribution in [-0.2, 0) is 9.84 Å². The fourth-order valence-corrected chi connectivity index (χ4v) is 2.84. The van der Waals surface area contributed by atoms with Crippen LogP contribution in [0.1, 0.15) is 61.6 Å². The van der Waals surface area contributed by atoms with Crippen LogP contribution in [0.2, 0.25) is 0 Å². The van der Waals surface area contributed by atoms with E-state index in [0.29, 0.717) is 11.9 Å². The smallest absolute Gasteiger partial charge is 0.157 e. The number of sulfone groups is 1. The predicted molar refractivity (Wildman–Crippen MR) is 86.3 cm³/mol. The lowest BCUT2D eigenvalue weighted by molar-refractivity contribution is 0.542. The van der Waals surface area contributed by atoms with Crippen LogP contribution in [-0.4, -0.2) is 37.2 Å². The Balaban J connectivity index is 3.11. The second-order valence-electron chi connectivity index (χ2n) is 6.10. The molecule has 0 saturated carbocycles. The lowest BCUT2D eigenvalue weighted by atomic mass is 9.97. The second-order valence-corrected chi connectivity index (χ2v) is 8.47. The third kappa shape index (κ3) is 4.74. The molecule has 0 bridgehead atoms. The fraction of sp³-hybridized carbons (Fsp3) is 0.733. The highest BCUT2D eigenvalue weighted by molar-refractivity contribution is 7.90. The van der Waals surface area contributed by atoms with Crippen LogP contribution in [0, 0.1) is 13.8 Å². The molecule has 1 aromatic rings. The molecule has 0 saturated heterocycles. The SMILES string of the molecule is Cc1nc(C(C)S(C)(=O)=O)nc(C)c1C(C)CNC(C)C. The van der Waals surface area contributed by atoms with E-state index in [0.717, 1.165) is 23.5 Å². The zero-order valence-electron chi connectivity index (χ0n) is 14.1. The molecule has 0 radical (unpaired) electrons. The normalized spacial score (nSPS) is 15.2. The summed E-state index contributed by atoms with van der Waals surface area (Å²) in [5, 5.41) is 2.74. The molecule has 0 aliphatic carbocycles. The maximum absolute atomic E-state index is 11.7. The third-order valence-electron chi connectivity index (χ3n) is 3.68. The zero-order chi connectivity index (χ0) is 16.4. The van der Waals surface area contributed by atoms with Crippen molar-refractivity contribution in [2.24, 2.45) is 0 Å². The number of aryl methyl sites for hydroxylation is 2. The topological polar surface area (TPSA) is 72.0 Å². The van der Waals surface area contributed by atoms with Gasteiger partial charge >= 0.3 is 0 Å². The Bertz CT molecular complexity index is 574.